The Hall–Kier alpha value is -1.58. The van der Waals surface area contributed by atoms with Crippen LogP contribution in [-0.2, 0) is 6.54 Å². The van der Waals surface area contributed by atoms with Gasteiger partial charge in [0.15, 0.2) is 0 Å². The molecule has 0 fully saturated rings. The predicted molar refractivity (Wildman–Crippen MR) is 68.1 cm³/mol. The Balaban J connectivity index is 2.43. The zero-order chi connectivity index (χ0) is 12.6. The summed E-state index contributed by atoms with van der Waals surface area (Å²) in [4.78, 5) is 4.19. The quantitative estimate of drug-likeness (QED) is 0.888. The molecule has 0 radical (unpaired) electrons. The van der Waals surface area contributed by atoms with E-state index in [0.717, 1.165) is 12.1 Å². The van der Waals surface area contributed by atoms with Crippen molar-refractivity contribution in [1.82, 2.24) is 9.55 Å². The monoisotopic (exact) mass is 235 g/mol. The molecule has 3 nitrogen and oxygen atoms in total. The van der Waals surface area contributed by atoms with E-state index in [9.17, 15) is 4.39 Å². The second-order valence-corrected chi connectivity index (χ2v) is 4.93. The Morgan fingerprint density at radius 1 is 1.35 bits per heavy atom. The Morgan fingerprint density at radius 2 is 2.06 bits per heavy atom. The number of nitrogens with two attached hydrogens (primary N) is 1. The summed E-state index contributed by atoms with van der Waals surface area (Å²) in [5.41, 5.74) is 7.40. The van der Waals surface area contributed by atoms with Crippen LogP contribution in [0.2, 0.25) is 0 Å². The van der Waals surface area contributed by atoms with Gasteiger partial charge in [0.05, 0.1) is 11.0 Å². The molecule has 1 aromatic carbocycles. The minimum Gasteiger partial charge on any atom is -0.369 e. The second kappa shape index (κ2) is 4.35. The number of imidazole rings is 1. The second-order valence-electron chi connectivity index (χ2n) is 4.93. The molecule has 2 rings (SSSR count). The van der Waals surface area contributed by atoms with Gasteiger partial charge in [0.2, 0.25) is 5.95 Å². The maximum atomic E-state index is 13.1. The van der Waals surface area contributed by atoms with Crippen LogP contribution in [0.4, 0.5) is 10.3 Å². The lowest BCUT2D eigenvalue weighted by Crippen LogP contribution is -2.14. The number of anilines is 1. The molecule has 0 aliphatic heterocycles. The SMILES string of the molecule is CC(C)C(C)Cn1c(N)nc2cc(F)ccc21. The fourth-order valence-electron chi connectivity index (χ4n) is 1.81. The summed E-state index contributed by atoms with van der Waals surface area (Å²) in [6.07, 6.45) is 0. The largest absolute Gasteiger partial charge is 0.369 e. The molecule has 4 heteroatoms. The average molecular weight is 235 g/mol. The van der Waals surface area contributed by atoms with E-state index in [0.29, 0.717) is 23.3 Å². The van der Waals surface area contributed by atoms with Crippen molar-refractivity contribution in [3.8, 4) is 0 Å². The zero-order valence-electron chi connectivity index (χ0n) is 10.4. The molecule has 2 aromatic rings. The van der Waals surface area contributed by atoms with Crippen molar-refractivity contribution in [2.75, 3.05) is 5.73 Å². The van der Waals surface area contributed by atoms with Crippen LogP contribution in [0.1, 0.15) is 20.8 Å². The third-order valence-corrected chi connectivity index (χ3v) is 3.35. The van der Waals surface area contributed by atoms with Crippen molar-refractivity contribution in [3.63, 3.8) is 0 Å². The van der Waals surface area contributed by atoms with Gasteiger partial charge in [-0.3, -0.25) is 0 Å². The van der Waals surface area contributed by atoms with Crippen molar-refractivity contribution < 1.29 is 4.39 Å². The first-order chi connectivity index (χ1) is 7.99. The Bertz CT molecular complexity index is 531. The molecule has 0 bridgehead atoms. The number of hydrogen-bond donors (Lipinski definition) is 1. The lowest BCUT2D eigenvalue weighted by atomic mass is 9.98. The van der Waals surface area contributed by atoms with E-state index < -0.39 is 0 Å². The summed E-state index contributed by atoms with van der Waals surface area (Å²) >= 11 is 0. The first kappa shape index (κ1) is 11.9. The third-order valence-electron chi connectivity index (χ3n) is 3.35. The number of hydrogen-bond acceptors (Lipinski definition) is 2. The number of rotatable bonds is 3. The highest BCUT2D eigenvalue weighted by atomic mass is 19.1. The summed E-state index contributed by atoms with van der Waals surface area (Å²) in [5.74, 6) is 1.25. The highest BCUT2D eigenvalue weighted by Crippen LogP contribution is 2.22. The van der Waals surface area contributed by atoms with Gasteiger partial charge < -0.3 is 10.3 Å². The molecule has 1 aromatic heterocycles. The number of halogens is 1. The number of fused-ring (bicyclic) bond motifs is 1. The fourth-order valence-corrected chi connectivity index (χ4v) is 1.81. The van der Waals surface area contributed by atoms with Gasteiger partial charge in [-0.15, -0.1) is 0 Å². The van der Waals surface area contributed by atoms with Crippen molar-refractivity contribution in [2.24, 2.45) is 11.8 Å². The van der Waals surface area contributed by atoms with E-state index in [-0.39, 0.29) is 5.82 Å². The summed E-state index contributed by atoms with van der Waals surface area (Å²) in [6, 6.07) is 4.60. The lowest BCUT2D eigenvalue weighted by molar-refractivity contribution is 0.371. The van der Waals surface area contributed by atoms with Crippen LogP contribution in [0.3, 0.4) is 0 Å². The summed E-state index contributed by atoms with van der Waals surface area (Å²) in [7, 11) is 0. The van der Waals surface area contributed by atoms with E-state index in [4.69, 9.17) is 5.73 Å². The van der Waals surface area contributed by atoms with Crippen LogP contribution in [0, 0.1) is 17.7 Å². The number of benzene rings is 1. The van der Waals surface area contributed by atoms with E-state index >= 15 is 0 Å². The van der Waals surface area contributed by atoms with Gasteiger partial charge in [-0.05, 0) is 24.0 Å². The Morgan fingerprint density at radius 3 is 2.71 bits per heavy atom. The molecule has 0 spiro atoms. The van der Waals surface area contributed by atoms with Gasteiger partial charge in [-0.2, -0.15) is 0 Å². The number of aromatic nitrogens is 2. The van der Waals surface area contributed by atoms with Crippen LogP contribution in [0.5, 0.6) is 0 Å². The minimum atomic E-state index is -0.279. The van der Waals surface area contributed by atoms with Crippen LogP contribution < -0.4 is 5.73 Å². The maximum Gasteiger partial charge on any atom is 0.201 e. The van der Waals surface area contributed by atoms with Gasteiger partial charge in [0.1, 0.15) is 5.82 Å². The molecule has 0 amide bonds. The van der Waals surface area contributed by atoms with Crippen molar-refractivity contribution in [1.29, 1.82) is 0 Å². The van der Waals surface area contributed by atoms with Gasteiger partial charge in [-0.25, -0.2) is 9.37 Å². The molecular weight excluding hydrogens is 217 g/mol. The normalized spacial score (nSPS) is 13.5. The van der Waals surface area contributed by atoms with E-state index in [2.05, 4.69) is 25.8 Å². The molecule has 1 atom stereocenters. The number of nitrogen functional groups attached to an aromatic ring is 1. The van der Waals surface area contributed by atoms with E-state index in [1.165, 1.54) is 12.1 Å². The van der Waals surface area contributed by atoms with Gasteiger partial charge >= 0.3 is 0 Å². The molecule has 92 valence electrons. The molecule has 0 aliphatic carbocycles. The van der Waals surface area contributed by atoms with Crippen LogP contribution in [0.15, 0.2) is 18.2 Å². The maximum absolute atomic E-state index is 13.1. The van der Waals surface area contributed by atoms with Gasteiger partial charge in [0.25, 0.3) is 0 Å². The summed E-state index contributed by atoms with van der Waals surface area (Å²) < 4.78 is 15.0. The molecule has 1 unspecified atom stereocenters. The van der Waals surface area contributed by atoms with Crippen molar-refractivity contribution >= 4 is 17.0 Å². The summed E-state index contributed by atoms with van der Waals surface area (Å²) in [5, 5.41) is 0. The standard InChI is InChI=1S/C13H18FN3/c1-8(2)9(3)7-17-12-5-4-10(14)6-11(12)16-13(17)15/h4-6,8-9H,7H2,1-3H3,(H2,15,16). The molecule has 0 aliphatic rings. The minimum absolute atomic E-state index is 0.279. The Kier molecular flexibility index (Phi) is 3.05. The van der Waals surface area contributed by atoms with E-state index in [1.807, 2.05) is 4.57 Å². The van der Waals surface area contributed by atoms with Crippen molar-refractivity contribution in [3.05, 3.63) is 24.0 Å². The molecule has 1 heterocycles. The molecule has 17 heavy (non-hydrogen) atoms. The highest BCUT2D eigenvalue weighted by Gasteiger charge is 2.13. The first-order valence-electron chi connectivity index (χ1n) is 5.90. The van der Waals surface area contributed by atoms with Crippen molar-refractivity contribution in [2.45, 2.75) is 27.3 Å². The topological polar surface area (TPSA) is 43.8 Å². The lowest BCUT2D eigenvalue weighted by Gasteiger charge is -2.17. The van der Waals surface area contributed by atoms with E-state index in [1.54, 1.807) is 6.07 Å². The predicted octanol–water partition coefficient (Wildman–Crippen LogP) is 3.05. The molecule has 2 N–H and O–H groups in total. The fraction of sp³-hybridized carbons (Fsp3) is 0.462. The highest BCUT2D eigenvalue weighted by molar-refractivity contribution is 5.78. The summed E-state index contributed by atoms with van der Waals surface area (Å²) in [6.45, 7) is 7.35. The van der Waals surface area contributed by atoms with Gasteiger partial charge in [-0.1, -0.05) is 20.8 Å². The molecular formula is C13H18FN3. The van der Waals surface area contributed by atoms with Gasteiger partial charge in [0, 0.05) is 12.6 Å². The molecule has 0 saturated heterocycles. The zero-order valence-corrected chi connectivity index (χ0v) is 10.4. The van der Waals surface area contributed by atoms with Crippen LogP contribution >= 0.6 is 0 Å². The first-order valence-corrected chi connectivity index (χ1v) is 5.90. The third kappa shape index (κ3) is 2.25. The number of nitrogens with zero attached hydrogens (tertiary/aromatic N) is 2. The van der Waals surface area contributed by atoms with Crippen LogP contribution in [-0.4, -0.2) is 9.55 Å². The smallest absolute Gasteiger partial charge is 0.201 e. The molecule has 0 saturated carbocycles. The van der Waals surface area contributed by atoms with Crippen LogP contribution in [0.25, 0.3) is 11.0 Å². The average Bonchev–Trinajstić information content (AvgIpc) is 2.54. The Labute approximate surface area is 100 Å².